The largest absolute Gasteiger partial charge is 0.507 e. The fourth-order valence-corrected chi connectivity index (χ4v) is 1.95. The van der Waals surface area contributed by atoms with Crippen LogP contribution in [0.1, 0.15) is 12.5 Å². The number of fused-ring (bicyclic) bond motifs is 1. The second kappa shape index (κ2) is 3.95. The molecule has 1 aromatic heterocycles. The normalized spacial score (nSPS) is 11.1. The summed E-state index contributed by atoms with van der Waals surface area (Å²) >= 11 is 0. The summed E-state index contributed by atoms with van der Waals surface area (Å²) in [6.07, 6.45) is 2.04. The lowest BCUT2D eigenvalue weighted by Crippen LogP contribution is -1.90. The lowest BCUT2D eigenvalue weighted by atomic mass is 10.1. The summed E-state index contributed by atoms with van der Waals surface area (Å²) in [6, 6.07) is 5.58. The summed E-state index contributed by atoms with van der Waals surface area (Å²) in [7, 11) is 1.66. The minimum absolute atomic E-state index is 0.326. The molecule has 0 spiro atoms. The number of methoxy groups -OCH3 is 1. The molecule has 2 aromatic rings. The maximum Gasteiger partial charge on any atom is 0.125 e. The van der Waals surface area contributed by atoms with Gasteiger partial charge in [0, 0.05) is 30.8 Å². The van der Waals surface area contributed by atoms with Crippen molar-refractivity contribution in [1.82, 2.24) is 4.57 Å². The summed E-state index contributed by atoms with van der Waals surface area (Å²) in [5.41, 5.74) is 2.09. The summed E-state index contributed by atoms with van der Waals surface area (Å²) in [5.74, 6) is 0.326. The van der Waals surface area contributed by atoms with Gasteiger partial charge in [0.15, 0.2) is 0 Å². The van der Waals surface area contributed by atoms with E-state index in [0.29, 0.717) is 12.4 Å². The van der Waals surface area contributed by atoms with Gasteiger partial charge in [0.1, 0.15) is 5.75 Å². The number of aryl methyl sites for hydroxylation is 1. The van der Waals surface area contributed by atoms with E-state index in [-0.39, 0.29) is 0 Å². The number of rotatable bonds is 3. The first-order valence-electron chi connectivity index (χ1n) is 5.06. The summed E-state index contributed by atoms with van der Waals surface area (Å²) < 4.78 is 7.24. The van der Waals surface area contributed by atoms with Gasteiger partial charge >= 0.3 is 0 Å². The number of ether oxygens (including phenoxy) is 1. The van der Waals surface area contributed by atoms with Gasteiger partial charge in [0.2, 0.25) is 0 Å². The molecule has 1 heterocycles. The molecule has 0 aliphatic rings. The number of nitrogens with zero attached hydrogens (tertiary/aromatic N) is 1. The molecule has 1 aromatic carbocycles. The molecule has 0 aliphatic heterocycles. The third-order valence-electron chi connectivity index (χ3n) is 2.60. The highest BCUT2D eigenvalue weighted by atomic mass is 16.5. The average Bonchev–Trinajstić information content (AvgIpc) is 2.59. The van der Waals surface area contributed by atoms with Crippen LogP contribution in [0.2, 0.25) is 0 Å². The van der Waals surface area contributed by atoms with Crippen molar-refractivity contribution in [2.45, 2.75) is 20.1 Å². The van der Waals surface area contributed by atoms with Gasteiger partial charge < -0.3 is 14.4 Å². The standard InChI is InChI=1S/C12H15NO2/c1-3-13-7-9(8-15-2)12-10(13)5-4-6-11(12)14/h4-7,14H,3,8H2,1-2H3. The van der Waals surface area contributed by atoms with Gasteiger partial charge in [-0.1, -0.05) is 6.07 Å². The van der Waals surface area contributed by atoms with Gasteiger partial charge in [-0.3, -0.25) is 0 Å². The lowest BCUT2D eigenvalue weighted by Gasteiger charge is -2.00. The van der Waals surface area contributed by atoms with Crippen molar-refractivity contribution in [2.75, 3.05) is 7.11 Å². The van der Waals surface area contributed by atoms with Crippen LogP contribution in [0.15, 0.2) is 24.4 Å². The number of benzene rings is 1. The molecular weight excluding hydrogens is 190 g/mol. The Morgan fingerprint density at radius 1 is 1.40 bits per heavy atom. The van der Waals surface area contributed by atoms with E-state index in [0.717, 1.165) is 23.0 Å². The summed E-state index contributed by atoms with van der Waals surface area (Å²) in [4.78, 5) is 0. The molecule has 0 radical (unpaired) electrons. The predicted octanol–water partition coefficient (Wildman–Crippen LogP) is 2.51. The number of phenols is 1. The molecule has 0 saturated carbocycles. The second-order valence-electron chi connectivity index (χ2n) is 3.54. The van der Waals surface area contributed by atoms with Gasteiger partial charge in [-0.05, 0) is 19.1 Å². The first kappa shape index (κ1) is 10.1. The van der Waals surface area contributed by atoms with Crippen LogP contribution < -0.4 is 0 Å². The molecule has 0 bridgehead atoms. The molecule has 0 fully saturated rings. The fourth-order valence-electron chi connectivity index (χ4n) is 1.95. The quantitative estimate of drug-likeness (QED) is 0.835. The molecule has 0 aliphatic carbocycles. The number of hydrogen-bond acceptors (Lipinski definition) is 2. The van der Waals surface area contributed by atoms with E-state index >= 15 is 0 Å². The molecule has 0 atom stereocenters. The second-order valence-corrected chi connectivity index (χ2v) is 3.54. The van der Waals surface area contributed by atoms with Crippen LogP contribution in [0, 0.1) is 0 Å². The Morgan fingerprint density at radius 2 is 2.20 bits per heavy atom. The number of hydrogen-bond donors (Lipinski definition) is 1. The van der Waals surface area contributed by atoms with Crippen LogP contribution in [-0.2, 0) is 17.9 Å². The van der Waals surface area contributed by atoms with Crippen LogP contribution in [-0.4, -0.2) is 16.8 Å². The van der Waals surface area contributed by atoms with Crippen LogP contribution >= 0.6 is 0 Å². The third-order valence-corrected chi connectivity index (χ3v) is 2.60. The highest BCUT2D eigenvalue weighted by Crippen LogP contribution is 2.30. The maximum atomic E-state index is 9.82. The summed E-state index contributed by atoms with van der Waals surface area (Å²) in [5, 5.41) is 10.7. The van der Waals surface area contributed by atoms with Crippen LogP contribution in [0.25, 0.3) is 10.9 Å². The molecule has 3 heteroatoms. The Kier molecular flexibility index (Phi) is 2.64. The van der Waals surface area contributed by atoms with Gasteiger partial charge in [-0.2, -0.15) is 0 Å². The Labute approximate surface area is 88.9 Å². The van der Waals surface area contributed by atoms with Crippen LogP contribution in [0.3, 0.4) is 0 Å². The third kappa shape index (κ3) is 1.59. The molecule has 0 amide bonds. The zero-order valence-corrected chi connectivity index (χ0v) is 9.03. The Balaban J connectivity index is 2.70. The Bertz CT molecular complexity index is 474. The zero-order chi connectivity index (χ0) is 10.8. The van der Waals surface area contributed by atoms with Crippen LogP contribution in [0.4, 0.5) is 0 Å². The predicted molar refractivity (Wildman–Crippen MR) is 60.0 cm³/mol. The fraction of sp³-hybridized carbons (Fsp3) is 0.333. The van der Waals surface area contributed by atoms with Crippen molar-refractivity contribution in [3.05, 3.63) is 30.0 Å². The molecule has 1 N–H and O–H groups in total. The van der Waals surface area contributed by atoms with Crippen LogP contribution in [0.5, 0.6) is 5.75 Å². The number of aromatic hydroxyl groups is 1. The maximum absolute atomic E-state index is 9.82. The first-order chi connectivity index (χ1) is 7.27. The van der Waals surface area contributed by atoms with Crippen molar-refractivity contribution in [3.8, 4) is 5.75 Å². The zero-order valence-electron chi connectivity index (χ0n) is 9.03. The van der Waals surface area contributed by atoms with E-state index in [1.54, 1.807) is 13.2 Å². The van der Waals surface area contributed by atoms with E-state index in [2.05, 4.69) is 11.5 Å². The van der Waals surface area contributed by atoms with E-state index < -0.39 is 0 Å². The molecule has 0 saturated heterocycles. The molecule has 2 rings (SSSR count). The Morgan fingerprint density at radius 3 is 2.87 bits per heavy atom. The van der Waals surface area contributed by atoms with E-state index in [9.17, 15) is 5.11 Å². The SMILES string of the molecule is CCn1cc(COC)c2c(O)cccc21. The van der Waals surface area contributed by atoms with E-state index in [1.807, 2.05) is 18.3 Å². The monoisotopic (exact) mass is 205 g/mol. The van der Waals surface area contributed by atoms with Crippen molar-refractivity contribution in [2.24, 2.45) is 0 Å². The van der Waals surface area contributed by atoms with Gasteiger partial charge in [0.05, 0.1) is 12.1 Å². The molecule has 15 heavy (non-hydrogen) atoms. The van der Waals surface area contributed by atoms with E-state index in [4.69, 9.17) is 4.74 Å². The molecular formula is C12H15NO2. The van der Waals surface area contributed by atoms with Gasteiger partial charge in [0.25, 0.3) is 0 Å². The highest BCUT2D eigenvalue weighted by molar-refractivity contribution is 5.89. The number of aromatic nitrogens is 1. The van der Waals surface area contributed by atoms with Crippen molar-refractivity contribution in [1.29, 1.82) is 0 Å². The van der Waals surface area contributed by atoms with Crippen molar-refractivity contribution >= 4 is 10.9 Å². The minimum atomic E-state index is 0.326. The van der Waals surface area contributed by atoms with Gasteiger partial charge in [-0.25, -0.2) is 0 Å². The average molecular weight is 205 g/mol. The van der Waals surface area contributed by atoms with Crippen molar-refractivity contribution < 1.29 is 9.84 Å². The minimum Gasteiger partial charge on any atom is -0.507 e. The van der Waals surface area contributed by atoms with Crippen molar-refractivity contribution in [3.63, 3.8) is 0 Å². The smallest absolute Gasteiger partial charge is 0.125 e. The number of phenolic OH excluding ortho intramolecular Hbond substituents is 1. The Hall–Kier alpha value is -1.48. The van der Waals surface area contributed by atoms with E-state index in [1.165, 1.54) is 0 Å². The topological polar surface area (TPSA) is 34.4 Å². The van der Waals surface area contributed by atoms with Gasteiger partial charge in [-0.15, -0.1) is 0 Å². The highest BCUT2D eigenvalue weighted by Gasteiger charge is 2.10. The molecule has 80 valence electrons. The summed E-state index contributed by atoms with van der Waals surface area (Å²) in [6.45, 7) is 3.50. The first-order valence-corrected chi connectivity index (χ1v) is 5.06. The molecule has 3 nitrogen and oxygen atoms in total. The lowest BCUT2D eigenvalue weighted by molar-refractivity contribution is 0.185. The molecule has 0 unspecified atom stereocenters.